The van der Waals surface area contributed by atoms with Crippen LogP contribution in [0.4, 0.5) is 11.4 Å². The second kappa shape index (κ2) is 10.0. The van der Waals surface area contributed by atoms with Crippen molar-refractivity contribution in [1.82, 2.24) is 0 Å². The molecule has 0 aromatic heterocycles. The number of nitrogens with one attached hydrogen (secondary N) is 1. The Morgan fingerprint density at radius 2 is 1.62 bits per heavy atom. The molecular weight excluding hydrogens is 444 g/mol. The standard InChI is InChI=1S/C29H29ClN2O2/c30-25-12-15-27-24(18-25)17-22-8-4-5-9-23(22)19-32(27)29(34)21-10-13-26(14-11-21)31-28(33)16-20-6-2-1-3-7-20/h4-5,8-15,18,20H,1-3,6-7,16-17,19H2,(H,31,33). The van der Waals surface area contributed by atoms with Crippen LogP contribution in [0.2, 0.25) is 5.02 Å². The van der Waals surface area contributed by atoms with E-state index in [-0.39, 0.29) is 11.8 Å². The zero-order chi connectivity index (χ0) is 23.5. The summed E-state index contributed by atoms with van der Waals surface area (Å²) in [7, 11) is 0. The smallest absolute Gasteiger partial charge is 0.258 e. The highest BCUT2D eigenvalue weighted by Gasteiger charge is 2.25. The fourth-order valence-corrected chi connectivity index (χ4v) is 5.40. The summed E-state index contributed by atoms with van der Waals surface area (Å²) in [5, 5.41) is 3.67. The molecule has 0 unspecified atom stereocenters. The minimum absolute atomic E-state index is 0.0564. The van der Waals surface area contributed by atoms with Gasteiger partial charge >= 0.3 is 0 Å². The van der Waals surface area contributed by atoms with E-state index in [1.165, 1.54) is 24.8 Å². The van der Waals surface area contributed by atoms with E-state index in [0.717, 1.165) is 41.8 Å². The van der Waals surface area contributed by atoms with Crippen LogP contribution in [0.1, 0.15) is 65.6 Å². The van der Waals surface area contributed by atoms with Crippen LogP contribution >= 0.6 is 11.6 Å². The van der Waals surface area contributed by atoms with E-state index in [9.17, 15) is 9.59 Å². The number of nitrogens with zero attached hydrogens (tertiary/aromatic N) is 1. The van der Waals surface area contributed by atoms with Gasteiger partial charge in [-0.05, 0) is 84.3 Å². The van der Waals surface area contributed by atoms with Crippen LogP contribution in [0.15, 0.2) is 66.7 Å². The SMILES string of the molecule is O=C(CC1CCCCC1)Nc1ccc(C(=O)N2Cc3ccccc3Cc3cc(Cl)ccc32)cc1. The van der Waals surface area contributed by atoms with Crippen molar-refractivity contribution in [3.63, 3.8) is 0 Å². The molecule has 3 aromatic carbocycles. The third kappa shape index (κ3) is 5.02. The molecular formula is C29H29ClN2O2. The van der Waals surface area contributed by atoms with Crippen molar-refractivity contribution in [1.29, 1.82) is 0 Å². The predicted molar refractivity (Wildman–Crippen MR) is 137 cm³/mol. The van der Waals surface area contributed by atoms with Crippen LogP contribution in [0.25, 0.3) is 0 Å². The zero-order valence-corrected chi connectivity index (χ0v) is 20.0. The van der Waals surface area contributed by atoms with Crippen molar-refractivity contribution < 1.29 is 9.59 Å². The van der Waals surface area contributed by atoms with Gasteiger partial charge in [0.15, 0.2) is 0 Å². The summed E-state index contributed by atoms with van der Waals surface area (Å²) in [6.45, 7) is 0.503. The third-order valence-electron chi connectivity index (χ3n) is 7.02. The summed E-state index contributed by atoms with van der Waals surface area (Å²) >= 11 is 6.28. The number of rotatable bonds is 4. The molecule has 1 N–H and O–H groups in total. The first kappa shape index (κ1) is 22.7. The lowest BCUT2D eigenvalue weighted by atomic mass is 9.87. The maximum atomic E-state index is 13.6. The summed E-state index contributed by atoms with van der Waals surface area (Å²) in [6.07, 6.45) is 7.35. The normalized spacial score (nSPS) is 15.7. The van der Waals surface area contributed by atoms with E-state index < -0.39 is 0 Å². The molecule has 34 heavy (non-hydrogen) atoms. The summed E-state index contributed by atoms with van der Waals surface area (Å²) in [5.74, 6) is 0.482. The Kier molecular flexibility index (Phi) is 6.68. The average Bonchev–Trinajstić information content (AvgIpc) is 3.01. The maximum Gasteiger partial charge on any atom is 0.258 e. The van der Waals surface area contributed by atoms with Gasteiger partial charge in [-0.3, -0.25) is 9.59 Å². The Morgan fingerprint density at radius 3 is 2.38 bits per heavy atom. The number of halogens is 1. The quantitative estimate of drug-likeness (QED) is 0.444. The van der Waals surface area contributed by atoms with Crippen LogP contribution < -0.4 is 10.2 Å². The van der Waals surface area contributed by atoms with Gasteiger partial charge in [0, 0.05) is 28.4 Å². The van der Waals surface area contributed by atoms with Crippen LogP contribution in [0.5, 0.6) is 0 Å². The maximum absolute atomic E-state index is 13.6. The highest BCUT2D eigenvalue weighted by molar-refractivity contribution is 6.30. The van der Waals surface area contributed by atoms with Crippen molar-refractivity contribution in [2.75, 3.05) is 10.2 Å². The van der Waals surface area contributed by atoms with Gasteiger partial charge in [-0.2, -0.15) is 0 Å². The van der Waals surface area contributed by atoms with Crippen LogP contribution in [0, 0.1) is 5.92 Å². The first-order valence-corrected chi connectivity index (χ1v) is 12.5. The molecule has 2 amide bonds. The first-order valence-electron chi connectivity index (χ1n) is 12.1. The number of carbonyl (C=O) groups is 2. The second-order valence-corrected chi connectivity index (χ2v) is 9.88. The molecule has 3 aromatic rings. The van der Waals surface area contributed by atoms with Gasteiger partial charge in [-0.1, -0.05) is 55.1 Å². The number of hydrogen-bond acceptors (Lipinski definition) is 2. The first-order chi connectivity index (χ1) is 16.6. The van der Waals surface area contributed by atoms with E-state index in [1.807, 2.05) is 47.4 Å². The number of hydrogen-bond donors (Lipinski definition) is 1. The summed E-state index contributed by atoms with van der Waals surface area (Å²) in [5.41, 5.74) is 5.58. The highest BCUT2D eigenvalue weighted by atomic mass is 35.5. The van der Waals surface area contributed by atoms with Crippen molar-refractivity contribution in [2.45, 2.75) is 51.5 Å². The molecule has 0 atom stereocenters. The molecule has 1 heterocycles. The van der Waals surface area contributed by atoms with E-state index in [2.05, 4.69) is 17.4 Å². The molecule has 1 aliphatic heterocycles. The molecule has 0 saturated heterocycles. The van der Waals surface area contributed by atoms with E-state index in [4.69, 9.17) is 11.6 Å². The van der Waals surface area contributed by atoms with Gasteiger partial charge in [0.2, 0.25) is 5.91 Å². The molecule has 1 saturated carbocycles. The number of carbonyl (C=O) groups excluding carboxylic acids is 2. The monoisotopic (exact) mass is 472 g/mol. The van der Waals surface area contributed by atoms with Crippen LogP contribution in [0.3, 0.4) is 0 Å². The average molecular weight is 473 g/mol. The molecule has 4 nitrogen and oxygen atoms in total. The largest absolute Gasteiger partial charge is 0.326 e. The Bertz CT molecular complexity index is 1200. The number of anilines is 2. The Labute approximate surface area is 205 Å². The Hall–Kier alpha value is -3.11. The van der Waals surface area contributed by atoms with E-state index in [0.29, 0.717) is 29.5 Å². The third-order valence-corrected chi connectivity index (χ3v) is 7.25. The lowest BCUT2D eigenvalue weighted by Gasteiger charge is -2.24. The lowest BCUT2D eigenvalue weighted by molar-refractivity contribution is -0.117. The van der Waals surface area contributed by atoms with Gasteiger partial charge in [0.25, 0.3) is 5.91 Å². The molecule has 5 rings (SSSR count). The highest BCUT2D eigenvalue weighted by Crippen LogP contribution is 2.33. The summed E-state index contributed by atoms with van der Waals surface area (Å²) in [6, 6.07) is 21.2. The summed E-state index contributed by atoms with van der Waals surface area (Å²) in [4.78, 5) is 27.9. The van der Waals surface area contributed by atoms with Gasteiger partial charge in [-0.15, -0.1) is 0 Å². The Morgan fingerprint density at radius 1 is 0.882 bits per heavy atom. The van der Waals surface area contributed by atoms with E-state index in [1.54, 1.807) is 12.1 Å². The van der Waals surface area contributed by atoms with Gasteiger partial charge < -0.3 is 10.2 Å². The predicted octanol–water partition coefficient (Wildman–Crippen LogP) is 7.00. The molecule has 2 aliphatic rings. The molecule has 0 spiro atoms. The Balaban J connectivity index is 1.34. The number of fused-ring (bicyclic) bond motifs is 2. The minimum atomic E-state index is -0.0691. The minimum Gasteiger partial charge on any atom is -0.326 e. The molecule has 1 fully saturated rings. The van der Waals surface area contributed by atoms with Crippen LogP contribution in [-0.2, 0) is 17.8 Å². The molecule has 0 radical (unpaired) electrons. The topological polar surface area (TPSA) is 49.4 Å². The van der Waals surface area contributed by atoms with Gasteiger partial charge in [0.1, 0.15) is 0 Å². The second-order valence-electron chi connectivity index (χ2n) is 9.44. The zero-order valence-electron chi connectivity index (χ0n) is 19.2. The summed E-state index contributed by atoms with van der Waals surface area (Å²) < 4.78 is 0. The van der Waals surface area contributed by atoms with Crippen molar-refractivity contribution in [3.05, 3.63) is 94.0 Å². The van der Waals surface area contributed by atoms with Gasteiger partial charge in [0.05, 0.1) is 6.54 Å². The number of amides is 2. The van der Waals surface area contributed by atoms with Crippen molar-refractivity contribution in [3.8, 4) is 0 Å². The van der Waals surface area contributed by atoms with Gasteiger partial charge in [-0.25, -0.2) is 0 Å². The lowest BCUT2D eigenvalue weighted by Crippen LogP contribution is -2.30. The molecule has 174 valence electrons. The van der Waals surface area contributed by atoms with Crippen molar-refractivity contribution >= 4 is 34.8 Å². The molecule has 5 heteroatoms. The molecule has 0 bridgehead atoms. The number of benzene rings is 3. The van der Waals surface area contributed by atoms with E-state index >= 15 is 0 Å². The fourth-order valence-electron chi connectivity index (χ4n) is 5.20. The fraction of sp³-hybridized carbons (Fsp3) is 0.310. The molecule has 1 aliphatic carbocycles. The van der Waals surface area contributed by atoms with Crippen molar-refractivity contribution in [2.24, 2.45) is 5.92 Å². The van der Waals surface area contributed by atoms with Crippen LogP contribution in [-0.4, -0.2) is 11.8 Å².